The molecule has 0 saturated carbocycles. The molecule has 1 aliphatic heterocycles. The summed E-state index contributed by atoms with van der Waals surface area (Å²) in [6.45, 7) is 9.75. The first-order valence-corrected chi connectivity index (χ1v) is 6.42. The number of ether oxygens (including phenoxy) is 1. The van der Waals surface area contributed by atoms with Crippen LogP contribution < -0.4 is 0 Å². The van der Waals surface area contributed by atoms with Gasteiger partial charge in [-0.05, 0) is 44.3 Å². The number of hydrogen-bond acceptors (Lipinski definition) is 3. The van der Waals surface area contributed by atoms with E-state index in [1.54, 1.807) is 0 Å². The predicted octanol–water partition coefficient (Wildman–Crippen LogP) is 2.52. The van der Waals surface area contributed by atoms with Crippen molar-refractivity contribution in [3.63, 3.8) is 0 Å². The van der Waals surface area contributed by atoms with Gasteiger partial charge in [0.15, 0.2) is 0 Å². The molecule has 2 aliphatic rings. The average molecular weight is 248 g/mol. The van der Waals surface area contributed by atoms with Gasteiger partial charge in [0, 0.05) is 11.5 Å². The van der Waals surface area contributed by atoms with Crippen molar-refractivity contribution in [2.24, 2.45) is 5.92 Å². The van der Waals surface area contributed by atoms with Gasteiger partial charge in [-0.3, -0.25) is 0 Å². The van der Waals surface area contributed by atoms with Crippen molar-refractivity contribution in [2.45, 2.75) is 44.8 Å². The molecule has 1 saturated heterocycles. The van der Waals surface area contributed by atoms with Crippen molar-refractivity contribution in [1.82, 2.24) is 0 Å². The molecular weight excluding hydrogens is 228 g/mol. The fraction of sp³-hybridized carbons (Fsp3) is 0.533. The van der Waals surface area contributed by atoms with Crippen molar-refractivity contribution in [1.29, 1.82) is 0 Å². The van der Waals surface area contributed by atoms with Gasteiger partial charge in [-0.25, -0.2) is 4.79 Å². The number of fused-ring (bicyclic) bond motifs is 1. The minimum Gasteiger partial charge on any atom is -0.454 e. The fourth-order valence-electron chi connectivity index (χ4n) is 2.56. The Morgan fingerprint density at radius 1 is 1.33 bits per heavy atom. The largest absolute Gasteiger partial charge is 0.454 e. The van der Waals surface area contributed by atoms with E-state index in [0.717, 1.165) is 24.0 Å². The summed E-state index contributed by atoms with van der Waals surface area (Å²) in [5, 5.41) is 9.93. The van der Waals surface area contributed by atoms with Gasteiger partial charge in [-0.15, -0.1) is 0 Å². The maximum absolute atomic E-state index is 11.6. The zero-order valence-electron chi connectivity index (χ0n) is 10.8. The van der Waals surface area contributed by atoms with Crippen molar-refractivity contribution in [2.75, 3.05) is 0 Å². The molecule has 1 fully saturated rings. The Morgan fingerprint density at radius 3 is 2.78 bits per heavy atom. The van der Waals surface area contributed by atoms with Crippen LogP contribution >= 0.6 is 0 Å². The highest BCUT2D eigenvalue weighted by atomic mass is 16.5. The van der Waals surface area contributed by atoms with Crippen LogP contribution in [0.4, 0.5) is 0 Å². The summed E-state index contributed by atoms with van der Waals surface area (Å²) in [6.07, 6.45) is 4.33. The van der Waals surface area contributed by atoms with Crippen LogP contribution in [0.15, 0.2) is 36.0 Å². The van der Waals surface area contributed by atoms with Gasteiger partial charge in [-0.2, -0.15) is 0 Å². The van der Waals surface area contributed by atoms with Gasteiger partial charge in [-0.1, -0.05) is 18.7 Å². The summed E-state index contributed by atoms with van der Waals surface area (Å²) in [5.41, 5.74) is 2.53. The van der Waals surface area contributed by atoms with E-state index in [4.69, 9.17) is 4.74 Å². The van der Waals surface area contributed by atoms with Crippen LogP contribution in [-0.4, -0.2) is 23.3 Å². The topological polar surface area (TPSA) is 46.5 Å². The van der Waals surface area contributed by atoms with Gasteiger partial charge >= 0.3 is 5.97 Å². The van der Waals surface area contributed by atoms with E-state index in [9.17, 15) is 9.90 Å². The number of rotatable bonds is 0. The summed E-state index contributed by atoms with van der Waals surface area (Å²) in [5.74, 6) is -0.269. The lowest BCUT2D eigenvalue weighted by Crippen LogP contribution is -2.18. The highest BCUT2D eigenvalue weighted by Crippen LogP contribution is 2.34. The van der Waals surface area contributed by atoms with Gasteiger partial charge in [0.1, 0.15) is 6.10 Å². The minimum atomic E-state index is -0.448. The second kappa shape index (κ2) is 5.11. The standard InChI is InChI=1S/C15H20O3/c1-9-4-7-13(16)10(2)5-6-12-11(3)15(17)18-14(12)8-9/h8,12-14,16H,2-7H2,1H3/b9-8-. The Morgan fingerprint density at radius 2 is 2.06 bits per heavy atom. The smallest absolute Gasteiger partial charge is 0.334 e. The lowest BCUT2D eigenvalue weighted by atomic mass is 9.86. The lowest BCUT2D eigenvalue weighted by molar-refractivity contribution is -0.137. The molecule has 0 amide bonds. The van der Waals surface area contributed by atoms with Gasteiger partial charge < -0.3 is 9.84 Å². The highest BCUT2D eigenvalue weighted by molar-refractivity contribution is 5.91. The molecule has 18 heavy (non-hydrogen) atoms. The van der Waals surface area contributed by atoms with Gasteiger partial charge in [0.05, 0.1) is 6.10 Å². The number of carbonyl (C=O) groups excluding carboxylic acids is 1. The van der Waals surface area contributed by atoms with Crippen LogP contribution in [-0.2, 0) is 9.53 Å². The number of allylic oxidation sites excluding steroid dienone is 1. The normalized spacial score (nSPS) is 36.7. The number of carbonyl (C=O) groups is 1. The first kappa shape index (κ1) is 13.1. The van der Waals surface area contributed by atoms with E-state index in [1.165, 1.54) is 0 Å². The second-order valence-corrected chi connectivity index (χ2v) is 5.27. The molecule has 1 aliphatic carbocycles. The van der Waals surface area contributed by atoms with Crippen LogP contribution in [0, 0.1) is 5.92 Å². The Hall–Kier alpha value is -1.35. The highest BCUT2D eigenvalue weighted by Gasteiger charge is 2.37. The molecule has 3 heteroatoms. The number of esters is 1. The maximum Gasteiger partial charge on any atom is 0.334 e. The molecule has 0 aromatic rings. The van der Waals surface area contributed by atoms with E-state index in [0.29, 0.717) is 18.4 Å². The van der Waals surface area contributed by atoms with E-state index in [-0.39, 0.29) is 18.0 Å². The SMILES string of the molecule is C=C1CCC2C(=C)C(=O)OC2/C=C(/C)CCC1O. The molecule has 0 radical (unpaired) electrons. The van der Waals surface area contributed by atoms with Crippen LogP contribution in [0.5, 0.6) is 0 Å². The Kier molecular flexibility index (Phi) is 3.71. The summed E-state index contributed by atoms with van der Waals surface area (Å²) in [4.78, 5) is 11.6. The third kappa shape index (κ3) is 2.56. The minimum absolute atomic E-state index is 0.0227. The molecule has 0 aromatic carbocycles. The van der Waals surface area contributed by atoms with Crippen molar-refractivity contribution < 1.29 is 14.6 Å². The fourth-order valence-corrected chi connectivity index (χ4v) is 2.56. The first-order valence-electron chi connectivity index (χ1n) is 6.42. The molecule has 0 aromatic heterocycles. The quantitative estimate of drug-likeness (QED) is 0.407. The van der Waals surface area contributed by atoms with E-state index in [2.05, 4.69) is 13.2 Å². The molecule has 98 valence electrons. The van der Waals surface area contributed by atoms with Crippen molar-refractivity contribution >= 4 is 5.97 Å². The molecule has 3 atom stereocenters. The van der Waals surface area contributed by atoms with Gasteiger partial charge in [0.2, 0.25) is 0 Å². The molecule has 1 heterocycles. The lowest BCUT2D eigenvalue weighted by Gasteiger charge is -2.21. The van der Waals surface area contributed by atoms with Gasteiger partial charge in [0.25, 0.3) is 0 Å². The number of hydrogen-bond donors (Lipinski definition) is 1. The molecule has 0 spiro atoms. The zero-order chi connectivity index (χ0) is 13.3. The van der Waals surface area contributed by atoms with E-state index in [1.807, 2.05) is 13.0 Å². The van der Waals surface area contributed by atoms with Crippen LogP contribution in [0.3, 0.4) is 0 Å². The molecule has 3 unspecified atom stereocenters. The molecule has 0 bridgehead atoms. The molecular formula is C15H20O3. The zero-order valence-corrected chi connectivity index (χ0v) is 10.8. The molecule has 1 N–H and O–H groups in total. The number of aliphatic hydroxyl groups is 1. The Bertz CT molecular complexity index is 419. The number of aliphatic hydroxyl groups excluding tert-OH is 1. The molecule has 3 nitrogen and oxygen atoms in total. The van der Waals surface area contributed by atoms with Crippen LogP contribution in [0.2, 0.25) is 0 Å². The van der Waals surface area contributed by atoms with Crippen molar-refractivity contribution in [3.05, 3.63) is 36.0 Å². The second-order valence-electron chi connectivity index (χ2n) is 5.27. The first-order chi connectivity index (χ1) is 8.49. The Labute approximate surface area is 108 Å². The third-order valence-corrected chi connectivity index (χ3v) is 3.86. The third-order valence-electron chi connectivity index (χ3n) is 3.86. The average Bonchev–Trinajstić information content (AvgIpc) is 2.58. The maximum atomic E-state index is 11.6. The summed E-state index contributed by atoms with van der Waals surface area (Å²) in [6, 6.07) is 0. The monoisotopic (exact) mass is 248 g/mol. The summed E-state index contributed by atoms with van der Waals surface area (Å²) in [7, 11) is 0. The predicted molar refractivity (Wildman–Crippen MR) is 69.9 cm³/mol. The van der Waals surface area contributed by atoms with Crippen LogP contribution in [0.25, 0.3) is 0 Å². The summed E-state index contributed by atoms with van der Waals surface area (Å²) >= 11 is 0. The van der Waals surface area contributed by atoms with Crippen molar-refractivity contribution in [3.8, 4) is 0 Å². The van der Waals surface area contributed by atoms with Crippen LogP contribution in [0.1, 0.15) is 32.6 Å². The Balaban J connectivity index is 2.23. The summed E-state index contributed by atoms with van der Waals surface area (Å²) < 4.78 is 5.33. The van der Waals surface area contributed by atoms with E-state index < -0.39 is 6.10 Å². The van der Waals surface area contributed by atoms with E-state index >= 15 is 0 Å². The molecule has 2 rings (SSSR count).